The second kappa shape index (κ2) is 7.36. The molecule has 0 amide bonds. The molecule has 1 aliphatic carbocycles. The molecular formula is C17H20F3N5O. The molecule has 1 heterocycles. The third-order valence-corrected chi connectivity index (χ3v) is 4.39. The van der Waals surface area contributed by atoms with Crippen molar-refractivity contribution in [2.45, 2.75) is 38.4 Å². The van der Waals surface area contributed by atoms with E-state index in [9.17, 15) is 13.2 Å². The van der Waals surface area contributed by atoms with Gasteiger partial charge in [0, 0.05) is 17.5 Å². The molecule has 1 aromatic heterocycles. The molecule has 1 saturated carbocycles. The average molecular weight is 367 g/mol. The molecule has 0 saturated heterocycles. The van der Waals surface area contributed by atoms with Gasteiger partial charge in [0.2, 0.25) is 5.82 Å². The SMILES string of the molecule is N/C(=C\N(N)Cc1ccc(-c2noc(C(F)(F)F)n2)cc1)C1CCCC1. The third kappa shape index (κ3) is 4.34. The molecule has 2 aromatic rings. The monoisotopic (exact) mass is 367 g/mol. The van der Waals surface area contributed by atoms with E-state index in [4.69, 9.17) is 11.6 Å². The zero-order valence-electron chi connectivity index (χ0n) is 14.0. The number of benzene rings is 1. The Morgan fingerprint density at radius 2 is 1.88 bits per heavy atom. The van der Waals surface area contributed by atoms with E-state index >= 15 is 0 Å². The van der Waals surface area contributed by atoms with Gasteiger partial charge >= 0.3 is 12.1 Å². The Bertz CT molecular complexity index is 763. The summed E-state index contributed by atoms with van der Waals surface area (Å²) >= 11 is 0. The molecule has 4 N–H and O–H groups in total. The Morgan fingerprint density at radius 3 is 2.46 bits per heavy atom. The van der Waals surface area contributed by atoms with E-state index < -0.39 is 12.1 Å². The van der Waals surface area contributed by atoms with Crippen molar-refractivity contribution in [3.63, 3.8) is 0 Å². The standard InChI is InChI=1S/C17H20F3N5O/c18-17(19,20)16-23-15(24-26-16)13-7-5-11(6-8-13)9-25(22)10-14(21)12-3-1-2-4-12/h5-8,10,12H,1-4,9,21-22H2/b14-10-. The van der Waals surface area contributed by atoms with Crippen molar-refractivity contribution in [1.29, 1.82) is 0 Å². The van der Waals surface area contributed by atoms with Crippen LogP contribution in [0.4, 0.5) is 13.2 Å². The van der Waals surface area contributed by atoms with Crippen LogP contribution < -0.4 is 11.6 Å². The summed E-state index contributed by atoms with van der Waals surface area (Å²) < 4.78 is 41.8. The van der Waals surface area contributed by atoms with Crippen molar-refractivity contribution in [3.8, 4) is 11.4 Å². The van der Waals surface area contributed by atoms with Crippen LogP contribution in [0, 0.1) is 5.92 Å². The summed E-state index contributed by atoms with van der Waals surface area (Å²) in [5.74, 6) is 4.90. The van der Waals surface area contributed by atoms with Crippen LogP contribution >= 0.6 is 0 Å². The van der Waals surface area contributed by atoms with Crippen LogP contribution in [0.25, 0.3) is 11.4 Å². The first-order valence-electron chi connectivity index (χ1n) is 8.31. The minimum atomic E-state index is -4.66. The van der Waals surface area contributed by atoms with Gasteiger partial charge in [0.1, 0.15) is 0 Å². The zero-order valence-corrected chi connectivity index (χ0v) is 14.0. The van der Waals surface area contributed by atoms with Crippen LogP contribution in [-0.4, -0.2) is 15.1 Å². The molecule has 26 heavy (non-hydrogen) atoms. The van der Waals surface area contributed by atoms with Crippen molar-refractivity contribution in [2.75, 3.05) is 0 Å². The molecule has 0 unspecified atom stereocenters. The fourth-order valence-corrected chi connectivity index (χ4v) is 3.03. The molecular weight excluding hydrogens is 347 g/mol. The molecule has 0 bridgehead atoms. The van der Waals surface area contributed by atoms with Crippen molar-refractivity contribution in [3.05, 3.63) is 47.6 Å². The predicted octanol–water partition coefficient (Wildman–Crippen LogP) is 3.42. The fraction of sp³-hybridized carbons (Fsp3) is 0.412. The van der Waals surface area contributed by atoms with E-state index in [0.717, 1.165) is 24.1 Å². The molecule has 6 nitrogen and oxygen atoms in total. The minimum absolute atomic E-state index is 0.112. The lowest BCUT2D eigenvalue weighted by Crippen LogP contribution is -2.27. The largest absolute Gasteiger partial charge is 0.471 e. The van der Waals surface area contributed by atoms with Gasteiger partial charge in [-0.3, -0.25) is 0 Å². The number of alkyl halides is 3. The highest BCUT2D eigenvalue weighted by Crippen LogP contribution is 2.30. The number of hydrazine groups is 1. The van der Waals surface area contributed by atoms with Crippen LogP contribution in [0.15, 0.2) is 40.7 Å². The maximum absolute atomic E-state index is 12.5. The summed E-state index contributed by atoms with van der Waals surface area (Å²) in [5, 5.41) is 4.87. The predicted molar refractivity (Wildman–Crippen MR) is 88.7 cm³/mol. The fourth-order valence-electron chi connectivity index (χ4n) is 3.03. The van der Waals surface area contributed by atoms with E-state index in [2.05, 4.69) is 14.7 Å². The summed E-state index contributed by atoms with van der Waals surface area (Å²) in [7, 11) is 0. The highest BCUT2D eigenvalue weighted by atomic mass is 19.4. The molecule has 1 fully saturated rings. The summed E-state index contributed by atoms with van der Waals surface area (Å²) in [6, 6.07) is 6.74. The topological polar surface area (TPSA) is 94.2 Å². The van der Waals surface area contributed by atoms with Crippen molar-refractivity contribution in [1.82, 2.24) is 15.1 Å². The van der Waals surface area contributed by atoms with Gasteiger partial charge in [0.05, 0.1) is 6.54 Å². The summed E-state index contributed by atoms with van der Waals surface area (Å²) in [5.41, 5.74) is 8.19. The molecule has 1 aliphatic rings. The lowest BCUT2D eigenvalue weighted by Gasteiger charge is -2.17. The van der Waals surface area contributed by atoms with Gasteiger partial charge in [0.15, 0.2) is 0 Å². The van der Waals surface area contributed by atoms with Crippen LogP contribution in [0.5, 0.6) is 0 Å². The van der Waals surface area contributed by atoms with E-state index in [1.54, 1.807) is 30.5 Å². The summed E-state index contributed by atoms with van der Waals surface area (Å²) in [4.78, 5) is 3.36. The highest BCUT2D eigenvalue weighted by molar-refractivity contribution is 5.54. The van der Waals surface area contributed by atoms with E-state index in [1.807, 2.05) is 0 Å². The first-order chi connectivity index (χ1) is 12.3. The van der Waals surface area contributed by atoms with Gasteiger partial charge in [-0.2, -0.15) is 18.2 Å². The van der Waals surface area contributed by atoms with Crippen molar-refractivity contribution in [2.24, 2.45) is 17.5 Å². The minimum Gasteiger partial charge on any atom is -0.401 e. The first-order valence-corrected chi connectivity index (χ1v) is 8.31. The van der Waals surface area contributed by atoms with Crippen LogP contribution in [-0.2, 0) is 12.7 Å². The molecule has 0 atom stereocenters. The molecule has 140 valence electrons. The second-order valence-corrected chi connectivity index (χ2v) is 6.40. The Kier molecular flexibility index (Phi) is 5.17. The maximum Gasteiger partial charge on any atom is 0.471 e. The number of nitrogens with two attached hydrogens (primary N) is 2. The Hall–Kier alpha value is -2.55. The number of hydrogen-bond acceptors (Lipinski definition) is 6. The van der Waals surface area contributed by atoms with Gasteiger partial charge in [0.25, 0.3) is 0 Å². The molecule has 0 spiro atoms. The average Bonchev–Trinajstić information content (AvgIpc) is 3.27. The van der Waals surface area contributed by atoms with Crippen LogP contribution in [0.3, 0.4) is 0 Å². The summed E-state index contributed by atoms with van der Waals surface area (Å²) in [6.45, 7) is 0.424. The zero-order chi connectivity index (χ0) is 18.7. The van der Waals surface area contributed by atoms with Crippen molar-refractivity contribution < 1.29 is 17.7 Å². The third-order valence-electron chi connectivity index (χ3n) is 4.39. The number of hydrogen-bond donors (Lipinski definition) is 2. The normalized spacial score (nSPS) is 16.2. The van der Waals surface area contributed by atoms with Gasteiger partial charge < -0.3 is 15.3 Å². The van der Waals surface area contributed by atoms with E-state index in [0.29, 0.717) is 18.0 Å². The van der Waals surface area contributed by atoms with E-state index in [1.165, 1.54) is 17.9 Å². The molecule has 0 aliphatic heterocycles. The second-order valence-electron chi connectivity index (χ2n) is 6.40. The number of nitrogens with zero attached hydrogens (tertiary/aromatic N) is 3. The van der Waals surface area contributed by atoms with Gasteiger partial charge in [-0.25, -0.2) is 5.84 Å². The number of halogens is 3. The van der Waals surface area contributed by atoms with E-state index in [-0.39, 0.29) is 5.82 Å². The smallest absolute Gasteiger partial charge is 0.401 e. The number of allylic oxidation sites excluding steroid dienone is 1. The Morgan fingerprint density at radius 1 is 1.23 bits per heavy atom. The first kappa shape index (κ1) is 18.2. The number of rotatable bonds is 5. The Labute approximate surface area is 148 Å². The molecule has 0 radical (unpaired) electrons. The van der Waals surface area contributed by atoms with Gasteiger partial charge in [-0.15, -0.1) is 0 Å². The quantitative estimate of drug-likeness (QED) is 0.621. The van der Waals surface area contributed by atoms with Crippen molar-refractivity contribution >= 4 is 0 Å². The van der Waals surface area contributed by atoms with Gasteiger partial charge in [-0.1, -0.05) is 42.3 Å². The van der Waals surface area contributed by atoms with Gasteiger partial charge in [-0.05, 0) is 24.3 Å². The van der Waals surface area contributed by atoms with Crippen LogP contribution in [0.1, 0.15) is 37.1 Å². The lowest BCUT2D eigenvalue weighted by molar-refractivity contribution is -0.159. The lowest BCUT2D eigenvalue weighted by atomic mass is 10.1. The molecule has 1 aromatic carbocycles. The Balaban J connectivity index is 1.64. The van der Waals surface area contributed by atoms with Crippen LogP contribution in [0.2, 0.25) is 0 Å². The highest BCUT2D eigenvalue weighted by Gasteiger charge is 2.38. The molecule has 9 heteroatoms. The maximum atomic E-state index is 12.5. The molecule has 3 rings (SSSR count). The summed E-state index contributed by atoms with van der Waals surface area (Å²) in [6.07, 6.45) is 1.66. The number of aromatic nitrogens is 2.